The predicted molar refractivity (Wildman–Crippen MR) is 87.0 cm³/mol. The molecule has 0 amide bonds. The smallest absolute Gasteiger partial charge is 0.284 e. The van der Waals surface area contributed by atoms with Crippen molar-refractivity contribution in [1.82, 2.24) is 4.98 Å². The van der Waals surface area contributed by atoms with Gasteiger partial charge in [-0.05, 0) is 19.1 Å². The third-order valence-electron chi connectivity index (χ3n) is 3.13. The molecule has 0 bridgehead atoms. The van der Waals surface area contributed by atoms with Crippen molar-refractivity contribution in [2.24, 2.45) is 0 Å². The summed E-state index contributed by atoms with van der Waals surface area (Å²) >= 11 is 1.02. The number of nitro benzene ring substituents is 1. The number of nitriles is 1. The van der Waals surface area contributed by atoms with Gasteiger partial charge in [0.05, 0.1) is 22.0 Å². The number of pyridine rings is 1. The number of aryl methyl sites for hydroxylation is 1. The van der Waals surface area contributed by atoms with Crippen LogP contribution in [-0.4, -0.2) is 23.3 Å². The van der Waals surface area contributed by atoms with Crippen molar-refractivity contribution >= 4 is 23.7 Å². The van der Waals surface area contributed by atoms with Crippen molar-refractivity contribution in [3.8, 4) is 6.07 Å². The van der Waals surface area contributed by atoms with E-state index in [9.17, 15) is 20.2 Å². The quantitative estimate of drug-likeness (QED) is 0.450. The van der Waals surface area contributed by atoms with Crippen LogP contribution in [0.25, 0.3) is 0 Å². The molecular weight excluding hydrogens is 330 g/mol. The molecule has 8 heteroatoms. The Bertz CT molecular complexity index is 846. The van der Waals surface area contributed by atoms with Gasteiger partial charge in [-0.2, -0.15) is 5.26 Å². The minimum absolute atomic E-state index is 0.204. The Hall–Kier alpha value is -2.76. The highest BCUT2D eigenvalue weighted by Gasteiger charge is 2.19. The number of carbonyl (C=O) groups excluding carboxylic acids is 1. The Labute approximate surface area is 142 Å². The van der Waals surface area contributed by atoms with E-state index in [0.717, 1.165) is 11.8 Å². The summed E-state index contributed by atoms with van der Waals surface area (Å²) in [5, 5.41) is 21.0. The summed E-state index contributed by atoms with van der Waals surface area (Å²) in [6.07, 6.45) is 0.545. The van der Waals surface area contributed by atoms with Crippen molar-refractivity contribution in [1.29, 1.82) is 5.26 Å². The fraction of sp³-hybridized carbons (Fsp3) is 0.188. The second-order valence-electron chi connectivity index (χ2n) is 4.85. The first-order chi connectivity index (χ1) is 11.5. The number of aldehydes is 1. The van der Waals surface area contributed by atoms with Crippen LogP contribution in [0.1, 0.15) is 27.2 Å². The van der Waals surface area contributed by atoms with Gasteiger partial charge >= 0.3 is 0 Å². The molecule has 1 heterocycles. The van der Waals surface area contributed by atoms with Crippen LogP contribution in [-0.2, 0) is 11.3 Å². The van der Waals surface area contributed by atoms with Crippen LogP contribution in [0.3, 0.4) is 0 Å². The average molecular weight is 343 g/mol. The second-order valence-corrected chi connectivity index (χ2v) is 5.88. The zero-order valence-corrected chi connectivity index (χ0v) is 13.8. The van der Waals surface area contributed by atoms with Gasteiger partial charge in [-0.25, -0.2) is 4.98 Å². The van der Waals surface area contributed by atoms with Crippen LogP contribution >= 0.6 is 11.8 Å². The number of aromatic nitrogens is 1. The Morgan fingerprint density at radius 3 is 2.79 bits per heavy atom. The highest BCUT2D eigenvalue weighted by atomic mass is 32.2. The van der Waals surface area contributed by atoms with Crippen molar-refractivity contribution < 1.29 is 14.5 Å². The maximum absolute atomic E-state index is 11.2. The van der Waals surface area contributed by atoms with Crippen LogP contribution < -0.4 is 0 Å². The van der Waals surface area contributed by atoms with E-state index in [1.165, 1.54) is 25.3 Å². The van der Waals surface area contributed by atoms with Crippen LogP contribution in [0.2, 0.25) is 0 Å². The van der Waals surface area contributed by atoms with Gasteiger partial charge in [0.15, 0.2) is 0 Å². The molecule has 122 valence electrons. The normalized spacial score (nSPS) is 10.2. The van der Waals surface area contributed by atoms with E-state index >= 15 is 0 Å². The molecule has 0 fully saturated rings. The molecule has 0 atom stereocenters. The monoisotopic (exact) mass is 343 g/mol. The maximum Gasteiger partial charge on any atom is 0.284 e. The summed E-state index contributed by atoms with van der Waals surface area (Å²) in [6, 6.07) is 7.99. The Kier molecular flexibility index (Phi) is 5.63. The fourth-order valence-electron chi connectivity index (χ4n) is 2.11. The van der Waals surface area contributed by atoms with Gasteiger partial charge in [0, 0.05) is 30.0 Å². The molecule has 0 aliphatic rings. The molecule has 0 unspecified atom stereocenters. The van der Waals surface area contributed by atoms with E-state index in [1.807, 2.05) is 0 Å². The van der Waals surface area contributed by atoms with Crippen molar-refractivity contribution in [3.05, 3.63) is 56.8 Å². The first-order valence-corrected chi connectivity index (χ1v) is 7.62. The van der Waals surface area contributed by atoms with E-state index in [0.29, 0.717) is 33.0 Å². The SMILES string of the molecule is COCc1cc(C)nc(Sc2ccc(C=O)cc2[N+](=O)[O-])c1C#N. The first kappa shape index (κ1) is 17.6. The second kappa shape index (κ2) is 7.68. The van der Waals surface area contributed by atoms with Gasteiger partial charge in [-0.3, -0.25) is 14.9 Å². The Morgan fingerprint density at radius 1 is 1.46 bits per heavy atom. The van der Waals surface area contributed by atoms with Gasteiger partial charge in [-0.15, -0.1) is 0 Å². The number of ether oxygens (including phenoxy) is 1. The molecule has 0 aliphatic heterocycles. The summed E-state index contributed by atoms with van der Waals surface area (Å²) in [5.41, 5.74) is 1.67. The molecule has 0 saturated heterocycles. The third-order valence-corrected chi connectivity index (χ3v) is 4.18. The van der Waals surface area contributed by atoms with Crippen molar-refractivity contribution in [2.75, 3.05) is 7.11 Å². The zero-order chi connectivity index (χ0) is 17.7. The van der Waals surface area contributed by atoms with Gasteiger partial charge in [0.25, 0.3) is 5.69 Å². The maximum atomic E-state index is 11.2. The van der Waals surface area contributed by atoms with E-state index in [4.69, 9.17) is 4.74 Å². The van der Waals surface area contributed by atoms with E-state index in [-0.39, 0.29) is 17.9 Å². The third kappa shape index (κ3) is 3.76. The summed E-state index contributed by atoms with van der Waals surface area (Å²) in [4.78, 5) is 26.1. The number of hydrogen-bond acceptors (Lipinski definition) is 7. The molecule has 0 radical (unpaired) electrons. The Morgan fingerprint density at radius 2 is 2.21 bits per heavy atom. The van der Waals surface area contributed by atoms with Crippen LogP contribution in [0.15, 0.2) is 34.2 Å². The number of nitro groups is 1. The standard InChI is InChI=1S/C16H13N3O4S/c1-10-5-12(9-23-2)13(7-17)16(18-10)24-15-4-3-11(8-20)6-14(15)19(21)22/h3-6,8H,9H2,1-2H3. The summed E-state index contributed by atoms with van der Waals surface area (Å²) in [6.45, 7) is 2.01. The highest BCUT2D eigenvalue weighted by Crippen LogP contribution is 2.36. The summed E-state index contributed by atoms with van der Waals surface area (Å²) < 4.78 is 5.09. The van der Waals surface area contributed by atoms with Crippen molar-refractivity contribution in [3.63, 3.8) is 0 Å². The lowest BCUT2D eigenvalue weighted by atomic mass is 10.1. The summed E-state index contributed by atoms with van der Waals surface area (Å²) in [7, 11) is 1.52. The minimum atomic E-state index is -0.562. The van der Waals surface area contributed by atoms with Gasteiger partial charge in [0.1, 0.15) is 17.4 Å². The number of carbonyl (C=O) groups is 1. The average Bonchev–Trinajstić information content (AvgIpc) is 2.55. The largest absolute Gasteiger partial charge is 0.380 e. The molecule has 24 heavy (non-hydrogen) atoms. The molecule has 0 aliphatic carbocycles. The van der Waals surface area contributed by atoms with Gasteiger partial charge in [0.2, 0.25) is 0 Å². The zero-order valence-electron chi connectivity index (χ0n) is 13.0. The molecule has 2 aromatic rings. The predicted octanol–water partition coefficient (Wildman–Crippen LogP) is 3.28. The van der Waals surface area contributed by atoms with Gasteiger partial charge in [-0.1, -0.05) is 17.8 Å². The number of methoxy groups -OCH3 is 1. The lowest BCUT2D eigenvalue weighted by Crippen LogP contribution is -2.00. The molecule has 0 saturated carbocycles. The molecule has 2 rings (SSSR count). The van der Waals surface area contributed by atoms with E-state index < -0.39 is 4.92 Å². The van der Waals surface area contributed by atoms with Crippen molar-refractivity contribution in [2.45, 2.75) is 23.5 Å². The van der Waals surface area contributed by atoms with Crippen LogP contribution in [0.4, 0.5) is 5.69 Å². The summed E-state index contributed by atoms with van der Waals surface area (Å²) in [5.74, 6) is 0. The highest BCUT2D eigenvalue weighted by molar-refractivity contribution is 7.99. The fourth-order valence-corrected chi connectivity index (χ4v) is 3.16. The Balaban J connectivity index is 2.54. The molecule has 0 spiro atoms. The van der Waals surface area contributed by atoms with Gasteiger partial charge < -0.3 is 4.74 Å². The topological polar surface area (TPSA) is 106 Å². The molecule has 1 aromatic carbocycles. The lowest BCUT2D eigenvalue weighted by Gasteiger charge is -2.10. The minimum Gasteiger partial charge on any atom is -0.380 e. The molecular formula is C16H13N3O4S. The number of benzene rings is 1. The molecule has 7 nitrogen and oxygen atoms in total. The van der Waals surface area contributed by atoms with Crippen LogP contribution in [0, 0.1) is 28.4 Å². The van der Waals surface area contributed by atoms with E-state index in [2.05, 4.69) is 11.1 Å². The van der Waals surface area contributed by atoms with Crippen LogP contribution in [0.5, 0.6) is 0 Å². The lowest BCUT2D eigenvalue weighted by molar-refractivity contribution is -0.387. The number of nitrogens with zero attached hydrogens (tertiary/aromatic N) is 3. The van der Waals surface area contributed by atoms with E-state index in [1.54, 1.807) is 13.0 Å². The molecule has 1 aromatic heterocycles. The molecule has 0 N–H and O–H groups in total. The number of rotatable bonds is 6. The number of hydrogen-bond donors (Lipinski definition) is 0. The first-order valence-electron chi connectivity index (χ1n) is 6.81.